The van der Waals surface area contributed by atoms with Gasteiger partial charge < -0.3 is 10.4 Å². The van der Waals surface area contributed by atoms with Crippen LogP contribution < -0.4 is 5.32 Å². The molecule has 0 radical (unpaired) electrons. The van der Waals surface area contributed by atoms with Gasteiger partial charge in [-0.1, -0.05) is 0 Å². The molecule has 15 heavy (non-hydrogen) atoms. The Morgan fingerprint density at radius 1 is 1.53 bits per heavy atom. The molecule has 0 aliphatic heterocycles. The number of hydrogen-bond acceptors (Lipinski definition) is 3. The van der Waals surface area contributed by atoms with Gasteiger partial charge in [0.2, 0.25) is 5.91 Å². The fraction of sp³-hybridized carbons (Fsp3) is 0.455. The molecule has 4 nitrogen and oxygen atoms in total. The van der Waals surface area contributed by atoms with E-state index in [1.165, 1.54) is 0 Å². The largest absolute Gasteiger partial charge is 0.393 e. The summed E-state index contributed by atoms with van der Waals surface area (Å²) in [6, 6.07) is 3.63. The number of pyridine rings is 1. The Morgan fingerprint density at radius 3 is 2.80 bits per heavy atom. The van der Waals surface area contributed by atoms with Gasteiger partial charge >= 0.3 is 0 Å². The third-order valence-electron chi connectivity index (χ3n) is 2.00. The van der Waals surface area contributed by atoms with Gasteiger partial charge in [-0.05, 0) is 31.0 Å². The number of rotatable bonds is 5. The smallest absolute Gasteiger partial charge is 0.224 e. The quantitative estimate of drug-likeness (QED) is 0.741. The minimum atomic E-state index is -0.369. The summed E-state index contributed by atoms with van der Waals surface area (Å²) in [7, 11) is 0. The van der Waals surface area contributed by atoms with Crippen molar-refractivity contribution in [3.05, 3.63) is 30.1 Å². The van der Waals surface area contributed by atoms with Gasteiger partial charge in [-0.15, -0.1) is 0 Å². The summed E-state index contributed by atoms with van der Waals surface area (Å²) in [5, 5.41) is 11.7. The number of nitrogens with one attached hydrogen (secondary N) is 1. The number of aliphatic hydroxyl groups is 1. The zero-order valence-electron chi connectivity index (χ0n) is 8.81. The molecule has 1 atom stereocenters. The maximum atomic E-state index is 11.4. The number of carbonyl (C=O) groups is 1. The predicted molar refractivity (Wildman–Crippen MR) is 57.2 cm³/mol. The third kappa shape index (κ3) is 5.12. The highest BCUT2D eigenvalue weighted by Gasteiger charge is 2.02. The average Bonchev–Trinajstić information content (AvgIpc) is 2.18. The van der Waals surface area contributed by atoms with Gasteiger partial charge in [0.1, 0.15) is 0 Å². The first kappa shape index (κ1) is 11.7. The average molecular weight is 208 g/mol. The van der Waals surface area contributed by atoms with E-state index in [-0.39, 0.29) is 12.0 Å². The van der Waals surface area contributed by atoms with Crippen LogP contribution in [0.15, 0.2) is 24.5 Å². The van der Waals surface area contributed by atoms with Crippen molar-refractivity contribution >= 4 is 5.91 Å². The lowest BCUT2D eigenvalue weighted by Gasteiger charge is -2.06. The molecule has 0 saturated carbocycles. The summed E-state index contributed by atoms with van der Waals surface area (Å²) < 4.78 is 0. The summed E-state index contributed by atoms with van der Waals surface area (Å²) in [5.41, 5.74) is 0.944. The lowest BCUT2D eigenvalue weighted by Crippen LogP contribution is -2.27. The first-order chi connectivity index (χ1) is 7.18. The topological polar surface area (TPSA) is 62.2 Å². The summed E-state index contributed by atoms with van der Waals surface area (Å²) >= 11 is 0. The van der Waals surface area contributed by atoms with Crippen molar-refractivity contribution in [2.75, 3.05) is 6.54 Å². The second kappa shape index (κ2) is 6.14. The van der Waals surface area contributed by atoms with E-state index in [4.69, 9.17) is 5.11 Å². The molecule has 0 bridgehead atoms. The van der Waals surface area contributed by atoms with E-state index in [9.17, 15) is 4.79 Å². The summed E-state index contributed by atoms with van der Waals surface area (Å²) in [6.45, 7) is 2.22. The van der Waals surface area contributed by atoms with Crippen LogP contribution in [-0.4, -0.2) is 28.6 Å². The zero-order chi connectivity index (χ0) is 11.1. The fourth-order valence-corrected chi connectivity index (χ4v) is 1.17. The van der Waals surface area contributed by atoms with Gasteiger partial charge in [-0.25, -0.2) is 0 Å². The van der Waals surface area contributed by atoms with E-state index in [1.807, 2.05) is 12.1 Å². The molecule has 82 valence electrons. The van der Waals surface area contributed by atoms with Crippen molar-refractivity contribution in [2.45, 2.75) is 25.9 Å². The number of carbonyl (C=O) groups excluding carboxylic acids is 1. The molecule has 2 N–H and O–H groups in total. The molecule has 1 aromatic heterocycles. The van der Waals surface area contributed by atoms with Crippen LogP contribution in [-0.2, 0) is 11.2 Å². The van der Waals surface area contributed by atoms with Gasteiger partial charge in [-0.2, -0.15) is 0 Å². The Hall–Kier alpha value is -1.42. The Balaban J connectivity index is 2.25. The van der Waals surface area contributed by atoms with Crippen LogP contribution in [0.1, 0.15) is 18.9 Å². The van der Waals surface area contributed by atoms with Crippen molar-refractivity contribution in [3.63, 3.8) is 0 Å². The van der Waals surface area contributed by atoms with E-state index in [0.717, 1.165) is 5.56 Å². The van der Waals surface area contributed by atoms with Crippen LogP contribution in [0, 0.1) is 0 Å². The van der Waals surface area contributed by atoms with Crippen LogP contribution in [0.2, 0.25) is 0 Å². The molecular formula is C11H16N2O2. The predicted octanol–water partition coefficient (Wildman–Crippen LogP) is 0.511. The summed E-state index contributed by atoms with van der Waals surface area (Å²) in [4.78, 5) is 15.3. The number of aromatic nitrogens is 1. The zero-order valence-corrected chi connectivity index (χ0v) is 8.81. The Bertz CT molecular complexity index is 299. The number of nitrogens with zero attached hydrogens (tertiary/aromatic N) is 1. The molecule has 0 fully saturated rings. The molecule has 1 rings (SSSR count). The number of hydrogen-bond donors (Lipinski definition) is 2. The van der Waals surface area contributed by atoms with E-state index < -0.39 is 0 Å². The van der Waals surface area contributed by atoms with Crippen molar-refractivity contribution in [3.8, 4) is 0 Å². The van der Waals surface area contributed by atoms with E-state index >= 15 is 0 Å². The molecule has 0 spiro atoms. The Labute approximate surface area is 89.3 Å². The van der Waals surface area contributed by atoms with E-state index in [0.29, 0.717) is 19.4 Å². The van der Waals surface area contributed by atoms with Gasteiger partial charge in [0, 0.05) is 18.9 Å². The van der Waals surface area contributed by atoms with Crippen LogP contribution in [0.5, 0.6) is 0 Å². The fourth-order valence-electron chi connectivity index (χ4n) is 1.17. The highest BCUT2D eigenvalue weighted by molar-refractivity contribution is 5.78. The first-order valence-corrected chi connectivity index (χ1v) is 5.02. The van der Waals surface area contributed by atoms with Crippen molar-refractivity contribution < 1.29 is 9.90 Å². The summed E-state index contributed by atoms with van der Waals surface area (Å²) in [6.07, 6.45) is 3.91. The first-order valence-electron chi connectivity index (χ1n) is 5.02. The minimum Gasteiger partial charge on any atom is -0.393 e. The van der Waals surface area contributed by atoms with Crippen LogP contribution in [0.25, 0.3) is 0 Å². The number of amides is 1. The maximum Gasteiger partial charge on any atom is 0.224 e. The van der Waals surface area contributed by atoms with Crippen molar-refractivity contribution in [1.29, 1.82) is 0 Å². The Kier molecular flexibility index (Phi) is 4.77. The molecular weight excluding hydrogens is 192 g/mol. The number of aliphatic hydroxyl groups excluding tert-OH is 1. The molecule has 0 aromatic carbocycles. The molecule has 0 aliphatic carbocycles. The standard InChI is InChI=1S/C11H16N2O2/c1-9(14)2-7-13-11(15)8-10-3-5-12-6-4-10/h3-6,9,14H,2,7-8H2,1H3,(H,13,15). The van der Waals surface area contributed by atoms with Crippen LogP contribution >= 0.6 is 0 Å². The third-order valence-corrected chi connectivity index (χ3v) is 2.00. The van der Waals surface area contributed by atoms with Gasteiger partial charge in [0.05, 0.1) is 12.5 Å². The van der Waals surface area contributed by atoms with Crippen molar-refractivity contribution in [1.82, 2.24) is 10.3 Å². The Morgan fingerprint density at radius 2 is 2.20 bits per heavy atom. The SMILES string of the molecule is CC(O)CCNC(=O)Cc1ccncc1. The minimum absolute atomic E-state index is 0.0261. The molecule has 0 aliphatic rings. The van der Waals surface area contributed by atoms with Gasteiger partial charge in [0.15, 0.2) is 0 Å². The highest BCUT2D eigenvalue weighted by atomic mass is 16.3. The van der Waals surface area contributed by atoms with Gasteiger partial charge in [0.25, 0.3) is 0 Å². The molecule has 1 heterocycles. The molecule has 1 aromatic rings. The van der Waals surface area contributed by atoms with Gasteiger partial charge in [-0.3, -0.25) is 9.78 Å². The van der Waals surface area contributed by atoms with E-state index in [2.05, 4.69) is 10.3 Å². The van der Waals surface area contributed by atoms with Crippen LogP contribution in [0.3, 0.4) is 0 Å². The van der Waals surface area contributed by atoms with E-state index in [1.54, 1.807) is 19.3 Å². The van der Waals surface area contributed by atoms with Crippen molar-refractivity contribution in [2.24, 2.45) is 0 Å². The molecule has 1 unspecified atom stereocenters. The summed E-state index contributed by atoms with van der Waals surface area (Å²) in [5.74, 6) is -0.0261. The lowest BCUT2D eigenvalue weighted by molar-refractivity contribution is -0.120. The molecule has 0 saturated heterocycles. The molecule has 4 heteroatoms. The maximum absolute atomic E-state index is 11.4. The molecule has 1 amide bonds. The monoisotopic (exact) mass is 208 g/mol. The second-order valence-electron chi connectivity index (χ2n) is 3.52. The highest BCUT2D eigenvalue weighted by Crippen LogP contribution is 1.97. The van der Waals surface area contributed by atoms with Crippen LogP contribution in [0.4, 0.5) is 0 Å². The second-order valence-corrected chi connectivity index (χ2v) is 3.52. The lowest BCUT2D eigenvalue weighted by atomic mass is 10.2. The normalized spacial score (nSPS) is 12.1.